The second kappa shape index (κ2) is 12.2. The lowest BCUT2D eigenvalue weighted by Gasteiger charge is -2.13. The second-order valence-corrected chi connectivity index (χ2v) is 11.3. The largest absolute Gasteiger partial charge is 0.481 e. The van der Waals surface area contributed by atoms with Crippen LogP contribution in [0.4, 0.5) is 16.5 Å². The van der Waals surface area contributed by atoms with Crippen LogP contribution in [0.25, 0.3) is 11.1 Å². The molecule has 0 unspecified atom stereocenters. The molecule has 0 bridgehead atoms. The van der Waals surface area contributed by atoms with Crippen LogP contribution < -0.4 is 20.1 Å². The molecule has 0 fully saturated rings. The van der Waals surface area contributed by atoms with Gasteiger partial charge in [0.25, 0.3) is 10.0 Å². The fraction of sp³-hybridized carbons (Fsp3) is 0.154. The molecule has 0 saturated heterocycles. The van der Waals surface area contributed by atoms with Crippen molar-refractivity contribution in [3.8, 4) is 17.0 Å². The molecule has 0 aliphatic heterocycles. The number of anilines is 3. The van der Waals surface area contributed by atoms with E-state index in [2.05, 4.69) is 25.3 Å². The quantitative estimate of drug-likeness (QED) is 0.176. The van der Waals surface area contributed by atoms with Gasteiger partial charge < -0.3 is 20.1 Å². The summed E-state index contributed by atoms with van der Waals surface area (Å²) < 4.78 is 38.3. The molecule has 4 aromatic rings. The normalized spacial score (nSPS) is 10.9. The van der Waals surface area contributed by atoms with Gasteiger partial charge in [0.05, 0.1) is 18.6 Å². The van der Waals surface area contributed by atoms with Crippen LogP contribution in [0.15, 0.2) is 71.9 Å². The maximum atomic E-state index is 12.9. The molecule has 10 nitrogen and oxygen atoms in total. The van der Waals surface area contributed by atoms with Crippen molar-refractivity contribution < 1.29 is 22.7 Å². The summed E-state index contributed by atoms with van der Waals surface area (Å²) >= 11 is 6.88. The highest BCUT2D eigenvalue weighted by atomic mass is 32.2. The van der Waals surface area contributed by atoms with Crippen molar-refractivity contribution in [1.82, 2.24) is 9.97 Å². The maximum absolute atomic E-state index is 12.9. The lowest BCUT2D eigenvalue weighted by molar-refractivity contribution is 0.0529. The third kappa shape index (κ3) is 6.69. The molecule has 202 valence electrons. The van der Waals surface area contributed by atoms with Crippen LogP contribution >= 0.6 is 23.6 Å². The number of benzene rings is 2. The van der Waals surface area contributed by atoms with Crippen molar-refractivity contribution in [2.45, 2.75) is 18.7 Å². The average molecular weight is 584 g/mol. The number of esters is 1. The van der Waals surface area contributed by atoms with E-state index in [-0.39, 0.29) is 28.3 Å². The number of rotatable bonds is 9. The number of thiocarbonyl (C=S) groups is 1. The van der Waals surface area contributed by atoms with Crippen LogP contribution in [0.3, 0.4) is 0 Å². The Morgan fingerprint density at radius 3 is 2.44 bits per heavy atom. The van der Waals surface area contributed by atoms with Gasteiger partial charge in [0, 0.05) is 22.2 Å². The van der Waals surface area contributed by atoms with Gasteiger partial charge in [0.2, 0.25) is 5.88 Å². The zero-order valence-electron chi connectivity index (χ0n) is 21.2. The van der Waals surface area contributed by atoms with Crippen molar-refractivity contribution in [1.29, 1.82) is 0 Å². The summed E-state index contributed by atoms with van der Waals surface area (Å²) in [6.07, 6.45) is 1.20. The number of nitrogens with one attached hydrogen (secondary N) is 3. The van der Waals surface area contributed by atoms with Gasteiger partial charge in [-0.05, 0) is 55.9 Å². The smallest absolute Gasteiger partial charge is 0.341 e. The molecule has 0 amide bonds. The van der Waals surface area contributed by atoms with Crippen molar-refractivity contribution in [2.24, 2.45) is 0 Å². The third-order valence-electron chi connectivity index (χ3n) is 5.37. The SMILES string of the molecule is CCOC(=O)c1c(NC(=S)Nc2ccc(S(=O)(=O)Nc3cc(OC)ncn3)cc2)sc(C)c1-c1ccccc1. The van der Waals surface area contributed by atoms with E-state index in [9.17, 15) is 13.2 Å². The number of aryl methyl sites for hydroxylation is 1. The summed E-state index contributed by atoms with van der Waals surface area (Å²) in [6.45, 7) is 3.92. The third-order valence-corrected chi connectivity index (χ3v) is 7.96. The van der Waals surface area contributed by atoms with E-state index in [1.807, 2.05) is 37.3 Å². The first-order valence-corrected chi connectivity index (χ1v) is 14.4. The molecular formula is C26H25N5O5S3. The summed E-state index contributed by atoms with van der Waals surface area (Å²) in [4.78, 5) is 21.6. The predicted octanol–water partition coefficient (Wildman–Crippen LogP) is 5.31. The Hall–Kier alpha value is -4.07. The minimum Gasteiger partial charge on any atom is -0.481 e. The highest BCUT2D eigenvalue weighted by Crippen LogP contribution is 2.40. The van der Waals surface area contributed by atoms with Gasteiger partial charge in [-0.2, -0.15) is 0 Å². The van der Waals surface area contributed by atoms with Crippen LogP contribution in [0.1, 0.15) is 22.2 Å². The molecule has 2 heterocycles. The van der Waals surface area contributed by atoms with Crippen LogP contribution in [0, 0.1) is 6.92 Å². The minimum atomic E-state index is -3.90. The zero-order valence-corrected chi connectivity index (χ0v) is 23.7. The molecule has 3 N–H and O–H groups in total. The Bertz CT molecular complexity index is 1590. The van der Waals surface area contributed by atoms with Gasteiger partial charge in [0.15, 0.2) is 5.11 Å². The average Bonchev–Trinajstić information content (AvgIpc) is 3.24. The summed E-state index contributed by atoms with van der Waals surface area (Å²) in [5.41, 5.74) is 2.63. The number of ether oxygens (including phenoxy) is 2. The van der Waals surface area contributed by atoms with Crippen LogP contribution in [0.5, 0.6) is 5.88 Å². The fourth-order valence-electron chi connectivity index (χ4n) is 3.67. The first-order chi connectivity index (χ1) is 18.7. The second-order valence-electron chi connectivity index (χ2n) is 7.98. The molecule has 0 saturated carbocycles. The number of thiophene rings is 1. The lowest BCUT2D eigenvalue weighted by atomic mass is 10.0. The number of nitrogens with zero attached hydrogens (tertiary/aromatic N) is 2. The number of hydrogen-bond donors (Lipinski definition) is 3. The van der Waals surface area contributed by atoms with E-state index in [1.165, 1.54) is 43.0 Å². The number of aromatic nitrogens is 2. The highest BCUT2D eigenvalue weighted by molar-refractivity contribution is 7.92. The molecule has 0 aliphatic rings. The van der Waals surface area contributed by atoms with E-state index in [0.29, 0.717) is 16.3 Å². The van der Waals surface area contributed by atoms with E-state index in [4.69, 9.17) is 21.7 Å². The van der Waals surface area contributed by atoms with Crippen molar-refractivity contribution >= 4 is 61.2 Å². The Labute approximate surface area is 235 Å². The fourth-order valence-corrected chi connectivity index (χ4v) is 6.02. The predicted molar refractivity (Wildman–Crippen MR) is 156 cm³/mol. The van der Waals surface area contributed by atoms with Crippen LogP contribution in [-0.4, -0.2) is 43.2 Å². The molecule has 0 spiro atoms. The molecule has 2 aromatic carbocycles. The number of sulfonamides is 1. The molecule has 13 heteroatoms. The van der Waals surface area contributed by atoms with E-state index >= 15 is 0 Å². The van der Waals surface area contributed by atoms with Gasteiger partial charge in [0.1, 0.15) is 22.7 Å². The standard InChI is InChI=1S/C26H25N5O5S3/c1-4-36-25(32)23-22(17-8-6-5-7-9-17)16(2)38-24(23)30-26(37)29-18-10-12-19(13-11-18)39(33,34)31-20-14-21(35-3)28-15-27-20/h5-15H,4H2,1-3H3,(H,27,28,31)(H2,29,30,37). The number of carbonyl (C=O) groups excluding carboxylic acids is 1. The summed E-state index contributed by atoms with van der Waals surface area (Å²) in [5, 5.41) is 6.89. The molecule has 0 radical (unpaired) electrons. The van der Waals surface area contributed by atoms with Crippen molar-refractivity contribution in [3.05, 3.63) is 77.4 Å². The summed E-state index contributed by atoms with van der Waals surface area (Å²) in [7, 11) is -2.48. The first kappa shape index (κ1) is 28.0. The number of carbonyl (C=O) groups is 1. The topological polar surface area (TPSA) is 132 Å². The molecule has 0 atom stereocenters. The van der Waals surface area contributed by atoms with Gasteiger partial charge in [-0.15, -0.1) is 11.3 Å². The van der Waals surface area contributed by atoms with Gasteiger partial charge in [-0.3, -0.25) is 4.72 Å². The molecular weight excluding hydrogens is 559 g/mol. The minimum absolute atomic E-state index is 0.0236. The van der Waals surface area contributed by atoms with Gasteiger partial charge >= 0.3 is 5.97 Å². The number of hydrogen-bond acceptors (Lipinski definition) is 9. The molecule has 4 rings (SSSR count). The Balaban J connectivity index is 1.50. The Morgan fingerprint density at radius 2 is 1.77 bits per heavy atom. The number of methoxy groups -OCH3 is 1. The van der Waals surface area contributed by atoms with Crippen LogP contribution in [0.2, 0.25) is 0 Å². The van der Waals surface area contributed by atoms with Crippen LogP contribution in [-0.2, 0) is 14.8 Å². The van der Waals surface area contributed by atoms with E-state index < -0.39 is 16.0 Å². The maximum Gasteiger partial charge on any atom is 0.341 e. The molecule has 39 heavy (non-hydrogen) atoms. The zero-order chi connectivity index (χ0) is 28.0. The van der Waals surface area contributed by atoms with E-state index in [1.54, 1.807) is 19.1 Å². The summed E-state index contributed by atoms with van der Waals surface area (Å²) in [5.74, 6) is -0.145. The van der Waals surface area contributed by atoms with Gasteiger partial charge in [-0.25, -0.2) is 23.2 Å². The highest BCUT2D eigenvalue weighted by Gasteiger charge is 2.25. The lowest BCUT2D eigenvalue weighted by Crippen LogP contribution is -2.20. The molecule has 2 aromatic heterocycles. The van der Waals surface area contributed by atoms with Crippen molar-refractivity contribution in [3.63, 3.8) is 0 Å². The Kier molecular flexibility index (Phi) is 8.74. The molecule has 0 aliphatic carbocycles. The summed E-state index contributed by atoms with van der Waals surface area (Å²) in [6, 6.07) is 17.0. The van der Waals surface area contributed by atoms with E-state index in [0.717, 1.165) is 16.0 Å². The van der Waals surface area contributed by atoms with Gasteiger partial charge in [-0.1, -0.05) is 30.3 Å². The van der Waals surface area contributed by atoms with Crippen molar-refractivity contribution in [2.75, 3.05) is 29.1 Å². The first-order valence-electron chi connectivity index (χ1n) is 11.6. The Morgan fingerprint density at radius 1 is 1.05 bits per heavy atom. The monoisotopic (exact) mass is 583 g/mol.